The van der Waals surface area contributed by atoms with E-state index in [9.17, 15) is 14.7 Å². The molecular weight excluding hydrogens is 286 g/mol. The molecule has 1 heterocycles. The molecule has 22 heavy (non-hydrogen) atoms. The van der Waals surface area contributed by atoms with E-state index in [1.807, 2.05) is 0 Å². The summed E-state index contributed by atoms with van der Waals surface area (Å²) in [6.07, 6.45) is 3.40. The van der Waals surface area contributed by atoms with Crippen LogP contribution >= 0.6 is 0 Å². The standard InChI is InChI=1S/C15H23N3O4/c1-15(2,3)22-14(21)17-11-5-4-10(19)8-12(11)18-9-16-7-6-13(18)20/h6-7,9-12,19H,4-5,8H2,1-3H3,(H,17,21). The maximum Gasteiger partial charge on any atom is 0.407 e. The second kappa shape index (κ2) is 6.48. The first-order valence-electron chi connectivity index (χ1n) is 7.46. The lowest BCUT2D eigenvalue weighted by molar-refractivity contribution is 0.0393. The Morgan fingerprint density at radius 1 is 1.45 bits per heavy atom. The Morgan fingerprint density at radius 2 is 2.18 bits per heavy atom. The molecule has 0 bridgehead atoms. The van der Waals surface area contributed by atoms with Crippen molar-refractivity contribution in [2.75, 3.05) is 0 Å². The molecule has 1 saturated carbocycles. The van der Waals surface area contributed by atoms with E-state index in [1.54, 1.807) is 20.8 Å². The van der Waals surface area contributed by atoms with E-state index in [-0.39, 0.29) is 17.6 Å². The van der Waals surface area contributed by atoms with Crippen LogP contribution < -0.4 is 10.9 Å². The first-order valence-corrected chi connectivity index (χ1v) is 7.46. The number of rotatable bonds is 2. The molecule has 1 aliphatic carbocycles. The Balaban J connectivity index is 2.16. The SMILES string of the molecule is CC(C)(C)OC(=O)NC1CCC(O)CC1n1cnccc1=O. The third-order valence-electron chi connectivity index (χ3n) is 3.60. The van der Waals surface area contributed by atoms with Gasteiger partial charge in [-0.15, -0.1) is 0 Å². The third kappa shape index (κ3) is 4.30. The average Bonchev–Trinajstić information content (AvgIpc) is 2.39. The maximum absolute atomic E-state index is 12.0. The Bertz CT molecular complexity index is 579. The van der Waals surface area contributed by atoms with Crippen molar-refractivity contribution in [2.45, 2.75) is 63.8 Å². The van der Waals surface area contributed by atoms with Gasteiger partial charge in [0.25, 0.3) is 5.56 Å². The fourth-order valence-corrected chi connectivity index (χ4v) is 2.67. The average molecular weight is 309 g/mol. The molecule has 1 amide bonds. The van der Waals surface area contributed by atoms with Gasteiger partial charge >= 0.3 is 6.09 Å². The molecule has 0 radical (unpaired) electrons. The number of carbonyl (C=O) groups excluding carboxylic acids is 1. The van der Waals surface area contributed by atoms with Crippen molar-refractivity contribution in [3.05, 3.63) is 28.9 Å². The van der Waals surface area contributed by atoms with Gasteiger partial charge in [-0.05, 0) is 40.0 Å². The van der Waals surface area contributed by atoms with Crippen molar-refractivity contribution < 1.29 is 14.6 Å². The van der Waals surface area contributed by atoms with Crippen molar-refractivity contribution in [1.82, 2.24) is 14.9 Å². The van der Waals surface area contributed by atoms with Gasteiger partial charge in [0.15, 0.2) is 0 Å². The number of nitrogens with one attached hydrogen (secondary N) is 1. The van der Waals surface area contributed by atoms with Gasteiger partial charge in [0.1, 0.15) is 5.60 Å². The van der Waals surface area contributed by atoms with Crippen LogP contribution in [0.3, 0.4) is 0 Å². The lowest BCUT2D eigenvalue weighted by Gasteiger charge is -2.35. The minimum absolute atomic E-state index is 0.204. The zero-order valence-corrected chi connectivity index (χ0v) is 13.2. The van der Waals surface area contributed by atoms with E-state index >= 15 is 0 Å². The number of nitrogens with zero attached hydrogens (tertiary/aromatic N) is 2. The molecule has 0 saturated heterocycles. The van der Waals surface area contributed by atoms with Crippen LogP contribution in [-0.2, 0) is 4.74 Å². The van der Waals surface area contributed by atoms with Crippen LogP contribution in [0.4, 0.5) is 4.79 Å². The smallest absolute Gasteiger partial charge is 0.407 e. The zero-order chi connectivity index (χ0) is 16.3. The summed E-state index contributed by atoms with van der Waals surface area (Å²) in [5, 5.41) is 12.7. The molecule has 0 aromatic carbocycles. The summed E-state index contributed by atoms with van der Waals surface area (Å²) in [6.45, 7) is 5.38. The zero-order valence-electron chi connectivity index (χ0n) is 13.2. The number of carbonyl (C=O) groups is 1. The first kappa shape index (κ1) is 16.5. The van der Waals surface area contributed by atoms with Crippen molar-refractivity contribution in [3.8, 4) is 0 Å². The van der Waals surface area contributed by atoms with Gasteiger partial charge < -0.3 is 15.2 Å². The first-order chi connectivity index (χ1) is 10.3. The van der Waals surface area contributed by atoms with Crippen LogP contribution in [0, 0.1) is 0 Å². The van der Waals surface area contributed by atoms with Crippen LogP contribution in [0.1, 0.15) is 46.1 Å². The Hall–Kier alpha value is -1.89. The Morgan fingerprint density at radius 3 is 2.82 bits per heavy atom. The fourth-order valence-electron chi connectivity index (χ4n) is 2.67. The highest BCUT2D eigenvalue weighted by molar-refractivity contribution is 5.68. The predicted octanol–water partition coefficient (Wildman–Crippen LogP) is 1.22. The van der Waals surface area contributed by atoms with Crippen LogP contribution in [0.15, 0.2) is 23.4 Å². The molecule has 3 unspecified atom stereocenters. The number of hydrogen-bond acceptors (Lipinski definition) is 5. The van der Waals surface area contributed by atoms with Crippen molar-refractivity contribution in [3.63, 3.8) is 0 Å². The number of aliphatic hydroxyl groups is 1. The van der Waals surface area contributed by atoms with Crippen molar-refractivity contribution in [1.29, 1.82) is 0 Å². The monoisotopic (exact) mass is 309 g/mol. The topological polar surface area (TPSA) is 93.4 Å². The van der Waals surface area contributed by atoms with E-state index in [2.05, 4.69) is 10.3 Å². The van der Waals surface area contributed by atoms with E-state index in [0.717, 1.165) is 0 Å². The van der Waals surface area contributed by atoms with Crippen molar-refractivity contribution in [2.24, 2.45) is 0 Å². The van der Waals surface area contributed by atoms with Crippen LogP contribution in [-0.4, -0.2) is 38.5 Å². The van der Waals surface area contributed by atoms with Gasteiger partial charge in [0, 0.05) is 12.3 Å². The van der Waals surface area contributed by atoms with E-state index < -0.39 is 17.8 Å². The number of alkyl carbamates (subject to hydrolysis) is 1. The van der Waals surface area contributed by atoms with Crippen LogP contribution in [0.5, 0.6) is 0 Å². The Labute approximate surface area is 129 Å². The second-order valence-electron chi connectivity index (χ2n) is 6.61. The highest BCUT2D eigenvalue weighted by Crippen LogP contribution is 2.28. The van der Waals surface area contributed by atoms with Crippen LogP contribution in [0.25, 0.3) is 0 Å². The summed E-state index contributed by atoms with van der Waals surface area (Å²) in [7, 11) is 0. The number of hydrogen-bond donors (Lipinski definition) is 2. The summed E-state index contributed by atoms with van der Waals surface area (Å²) < 4.78 is 6.73. The number of amides is 1. The van der Waals surface area contributed by atoms with E-state index in [0.29, 0.717) is 19.3 Å². The molecule has 1 fully saturated rings. The summed E-state index contributed by atoms with van der Waals surface area (Å²) in [5.41, 5.74) is -0.788. The number of aliphatic hydroxyl groups excluding tert-OH is 1. The van der Waals surface area contributed by atoms with Gasteiger partial charge in [-0.3, -0.25) is 9.36 Å². The molecule has 2 rings (SSSR count). The molecule has 2 N–H and O–H groups in total. The molecule has 0 spiro atoms. The minimum Gasteiger partial charge on any atom is -0.444 e. The predicted molar refractivity (Wildman–Crippen MR) is 80.5 cm³/mol. The van der Waals surface area contributed by atoms with Crippen LogP contribution in [0.2, 0.25) is 0 Å². The third-order valence-corrected chi connectivity index (χ3v) is 3.60. The summed E-state index contributed by atoms with van der Waals surface area (Å²) in [4.78, 5) is 27.9. The molecule has 1 aliphatic rings. The normalized spacial score (nSPS) is 25.5. The Kier molecular flexibility index (Phi) is 4.85. The van der Waals surface area contributed by atoms with Gasteiger partial charge in [-0.25, -0.2) is 9.78 Å². The molecule has 7 nitrogen and oxygen atoms in total. The molecule has 1 aromatic heterocycles. The molecule has 3 atom stereocenters. The summed E-state index contributed by atoms with van der Waals surface area (Å²) >= 11 is 0. The molecule has 1 aromatic rings. The van der Waals surface area contributed by atoms with Gasteiger partial charge in [-0.1, -0.05) is 0 Å². The highest BCUT2D eigenvalue weighted by Gasteiger charge is 2.33. The lowest BCUT2D eigenvalue weighted by Crippen LogP contribution is -2.49. The molecule has 0 aliphatic heterocycles. The molecule has 7 heteroatoms. The lowest BCUT2D eigenvalue weighted by atomic mass is 9.88. The minimum atomic E-state index is -0.584. The molecule has 122 valence electrons. The van der Waals surface area contributed by atoms with Gasteiger partial charge in [0.2, 0.25) is 0 Å². The van der Waals surface area contributed by atoms with Crippen molar-refractivity contribution >= 4 is 6.09 Å². The van der Waals surface area contributed by atoms with Gasteiger partial charge in [-0.2, -0.15) is 0 Å². The second-order valence-corrected chi connectivity index (χ2v) is 6.61. The molecular formula is C15H23N3O4. The fraction of sp³-hybridized carbons (Fsp3) is 0.667. The largest absolute Gasteiger partial charge is 0.444 e. The quantitative estimate of drug-likeness (QED) is 0.857. The van der Waals surface area contributed by atoms with E-state index in [1.165, 1.54) is 23.2 Å². The maximum atomic E-state index is 12.0. The number of aromatic nitrogens is 2. The number of ether oxygens (including phenoxy) is 1. The summed E-state index contributed by atoms with van der Waals surface area (Å²) in [6, 6.07) is 0.753. The van der Waals surface area contributed by atoms with Gasteiger partial charge in [0.05, 0.1) is 24.5 Å². The summed E-state index contributed by atoms with van der Waals surface area (Å²) in [5.74, 6) is 0. The van der Waals surface area contributed by atoms with E-state index in [4.69, 9.17) is 4.74 Å². The highest BCUT2D eigenvalue weighted by atomic mass is 16.6.